The molecule has 0 unspecified atom stereocenters. The molecule has 1 heterocycles. The van der Waals surface area contributed by atoms with Gasteiger partial charge in [-0.3, -0.25) is 9.11 Å². The predicted molar refractivity (Wildman–Crippen MR) is 64.9 cm³/mol. The molecule has 96 valence electrons. The number of hydrogen-bond acceptors (Lipinski definition) is 3. The van der Waals surface area contributed by atoms with Crippen molar-refractivity contribution in [3.63, 3.8) is 0 Å². The summed E-state index contributed by atoms with van der Waals surface area (Å²) in [6.45, 7) is -0.794. The molecule has 0 bridgehead atoms. The van der Waals surface area contributed by atoms with E-state index in [2.05, 4.69) is 4.98 Å². The molecule has 1 rings (SSSR count). The van der Waals surface area contributed by atoms with Crippen molar-refractivity contribution in [1.29, 1.82) is 0 Å². The van der Waals surface area contributed by atoms with Gasteiger partial charge in [-0.25, -0.2) is 22.2 Å². The summed E-state index contributed by atoms with van der Waals surface area (Å²) in [5.74, 6) is -3.04. The van der Waals surface area contributed by atoms with Gasteiger partial charge in [0.05, 0.1) is 22.2 Å². The van der Waals surface area contributed by atoms with Crippen molar-refractivity contribution in [1.82, 2.24) is 4.98 Å². The van der Waals surface area contributed by atoms with Crippen molar-refractivity contribution in [2.75, 3.05) is 17.1 Å². The number of nitrogens with zero attached hydrogens (tertiary/aromatic N) is 1. The number of pyridine rings is 1. The zero-order chi connectivity index (χ0) is 13.1. The maximum Gasteiger partial charge on any atom is 0.234 e. The van der Waals surface area contributed by atoms with Crippen LogP contribution in [0.15, 0.2) is 6.20 Å². The Morgan fingerprint density at radius 3 is 2.65 bits per heavy atom. The first-order chi connectivity index (χ1) is 7.87. The molecule has 0 spiro atoms. The fourth-order valence-corrected chi connectivity index (χ4v) is 2.38. The van der Waals surface area contributed by atoms with Gasteiger partial charge in [-0.05, 0) is 29.0 Å². The van der Waals surface area contributed by atoms with Crippen molar-refractivity contribution in [3.8, 4) is 0 Å². The molecule has 0 amide bonds. The lowest BCUT2D eigenvalue weighted by Crippen LogP contribution is -2.19. The van der Waals surface area contributed by atoms with Gasteiger partial charge in [-0.15, -0.1) is 0 Å². The molecule has 17 heavy (non-hydrogen) atoms. The summed E-state index contributed by atoms with van der Waals surface area (Å²) in [4.78, 5) is 3.29. The van der Waals surface area contributed by atoms with Crippen LogP contribution in [0.1, 0.15) is 6.42 Å². The lowest BCUT2D eigenvalue weighted by molar-refractivity contribution is 0.484. The Bertz CT molecular complexity index is 510. The van der Waals surface area contributed by atoms with Crippen molar-refractivity contribution in [2.45, 2.75) is 6.42 Å². The highest BCUT2D eigenvalue weighted by atomic mass is 127. The van der Waals surface area contributed by atoms with Crippen molar-refractivity contribution >= 4 is 38.4 Å². The number of anilines is 1. The molecular formula is C8H8F3IN2O2S. The summed E-state index contributed by atoms with van der Waals surface area (Å²) in [5.41, 5.74) is 0. The highest BCUT2D eigenvalue weighted by Crippen LogP contribution is 2.20. The second-order valence-corrected chi connectivity index (χ2v) is 5.97. The van der Waals surface area contributed by atoms with Crippen LogP contribution in [0.25, 0.3) is 0 Å². The second kappa shape index (κ2) is 5.85. The third kappa shape index (κ3) is 3.98. The van der Waals surface area contributed by atoms with Crippen molar-refractivity contribution in [2.24, 2.45) is 0 Å². The predicted octanol–water partition coefficient (Wildman–Crippen LogP) is 2.07. The van der Waals surface area contributed by atoms with Gasteiger partial charge in [0.15, 0.2) is 17.5 Å². The zero-order valence-corrected chi connectivity index (χ0v) is 11.4. The van der Waals surface area contributed by atoms with Gasteiger partial charge in [-0.2, -0.15) is 0 Å². The average molecular weight is 380 g/mol. The van der Waals surface area contributed by atoms with Gasteiger partial charge in [0.2, 0.25) is 10.0 Å². The summed E-state index contributed by atoms with van der Waals surface area (Å²) in [6.07, 6.45) is 0.507. The molecule has 0 aliphatic carbocycles. The first kappa shape index (κ1) is 14.5. The van der Waals surface area contributed by atoms with E-state index in [1.165, 1.54) is 22.6 Å². The molecule has 0 aliphatic heterocycles. The van der Waals surface area contributed by atoms with Gasteiger partial charge in [0.25, 0.3) is 0 Å². The van der Waals surface area contributed by atoms with E-state index in [1.807, 2.05) is 4.72 Å². The number of sulfonamides is 1. The number of hydrogen-bond donors (Lipinski definition) is 1. The molecule has 0 aliphatic rings. The highest BCUT2D eigenvalue weighted by Gasteiger charge is 2.17. The third-order valence-electron chi connectivity index (χ3n) is 1.72. The average Bonchev–Trinajstić information content (AvgIpc) is 2.27. The molecule has 9 heteroatoms. The maximum absolute atomic E-state index is 13.4. The molecule has 4 nitrogen and oxygen atoms in total. The topological polar surface area (TPSA) is 59.1 Å². The normalized spacial score (nSPS) is 11.5. The van der Waals surface area contributed by atoms with Crippen LogP contribution in [0.4, 0.5) is 19.0 Å². The molecule has 1 aromatic rings. The molecule has 0 aromatic carbocycles. The Morgan fingerprint density at radius 2 is 2.06 bits per heavy atom. The third-order valence-corrected chi connectivity index (χ3v) is 4.04. The molecule has 1 aromatic heterocycles. The number of halogens is 4. The van der Waals surface area contributed by atoms with Gasteiger partial charge in [0, 0.05) is 0 Å². The minimum Gasteiger partial charge on any atom is -0.265 e. The van der Waals surface area contributed by atoms with Gasteiger partial charge >= 0.3 is 0 Å². The van der Waals surface area contributed by atoms with E-state index in [0.29, 0.717) is 6.20 Å². The Labute approximate surface area is 110 Å². The van der Waals surface area contributed by atoms with E-state index in [4.69, 9.17) is 0 Å². The van der Waals surface area contributed by atoms with Crippen LogP contribution in [-0.2, 0) is 10.0 Å². The van der Waals surface area contributed by atoms with Crippen LogP contribution < -0.4 is 4.72 Å². The lowest BCUT2D eigenvalue weighted by atomic mass is 10.4. The quantitative estimate of drug-likeness (QED) is 0.796. The molecule has 0 fully saturated rings. The van der Waals surface area contributed by atoms with E-state index in [1.54, 1.807) is 0 Å². The second-order valence-electron chi connectivity index (χ2n) is 3.05. The monoisotopic (exact) mass is 380 g/mol. The van der Waals surface area contributed by atoms with Crippen molar-refractivity contribution < 1.29 is 21.6 Å². The largest absolute Gasteiger partial charge is 0.265 e. The van der Waals surface area contributed by atoms with Crippen LogP contribution in [0.2, 0.25) is 0 Å². The number of rotatable bonds is 5. The minimum absolute atomic E-state index is 0.199. The van der Waals surface area contributed by atoms with Crippen molar-refractivity contribution in [3.05, 3.63) is 21.4 Å². The molecular weight excluding hydrogens is 372 g/mol. The molecule has 1 N–H and O–H groups in total. The fraction of sp³-hybridized carbons (Fsp3) is 0.375. The Hall–Kier alpha value is -0.580. The van der Waals surface area contributed by atoms with Gasteiger partial charge in [0.1, 0.15) is 0 Å². The Kier molecular flexibility index (Phi) is 4.98. The van der Waals surface area contributed by atoms with E-state index < -0.39 is 39.9 Å². The summed E-state index contributed by atoms with van der Waals surface area (Å²) in [6, 6.07) is 0. The van der Waals surface area contributed by atoms with Crippen LogP contribution >= 0.6 is 22.6 Å². The first-order valence-electron chi connectivity index (χ1n) is 4.43. The minimum atomic E-state index is -3.87. The highest BCUT2D eigenvalue weighted by molar-refractivity contribution is 14.1. The Balaban J connectivity index is 2.93. The van der Waals surface area contributed by atoms with E-state index in [0.717, 1.165) is 0 Å². The fourth-order valence-electron chi connectivity index (χ4n) is 0.957. The summed E-state index contributed by atoms with van der Waals surface area (Å²) in [7, 11) is -3.87. The number of aromatic nitrogens is 1. The summed E-state index contributed by atoms with van der Waals surface area (Å²) in [5, 5.41) is 0. The molecule has 0 saturated heterocycles. The SMILES string of the molecule is O=S(=O)(CCCF)Nc1ncc(F)c(I)c1F. The molecule has 0 saturated carbocycles. The van der Waals surface area contributed by atoms with Gasteiger partial charge in [-0.1, -0.05) is 0 Å². The number of alkyl halides is 1. The number of nitrogens with one attached hydrogen (secondary N) is 1. The molecule has 0 atom stereocenters. The van der Waals surface area contributed by atoms with E-state index in [-0.39, 0.29) is 9.99 Å². The zero-order valence-electron chi connectivity index (χ0n) is 8.38. The summed E-state index contributed by atoms with van der Waals surface area (Å²) >= 11 is 1.39. The standard InChI is InChI=1S/C8H8F3IN2O2S/c9-2-1-3-17(15,16)14-8-6(11)7(12)5(10)4-13-8/h4H,1-3H2,(H,13,14). The van der Waals surface area contributed by atoms with Crippen LogP contribution in [0.5, 0.6) is 0 Å². The summed E-state index contributed by atoms with van der Waals surface area (Å²) < 4.78 is 62.2. The lowest BCUT2D eigenvalue weighted by Gasteiger charge is -2.08. The van der Waals surface area contributed by atoms with E-state index in [9.17, 15) is 21.6 Å². The smallest absolute Gasteiger partial charge is 0.234 e. The van der Waals surface area contributed by atoms with E-state index >= 15 is 0 Å². The Morgan fingerprint density at radius 1 is 1.41 bits per heavy atom. The van der Waals surface area contributed by atoms with Crippen LogP contribution in [0, 0.1) is 15.2 Å². The molecule has 0 radical (unpaired) electrons. The maximum atomic E-state index is 13.4. The van der Waals surface area contributed by atoms with Gasteiger partial charge < -0.3 is 0 Å². The van der Waals surface area contributed by atoms with Crippen LogP contribution in [-0.4, -0.2) is 25.8 Å². The first-order valence-corrected chi connectivity index (χ1v) is 7.16. The van der Waals surface area contributed by atoms with Crippen LogP contribution in [0.3, 0.4) is 0 Å².